The van der Waals surface area contributed by atoms with Crippen molar-refractivity contribution in [2.45, 2.75) is 51.3 Å². The molecule has 5 rings (SSSR count). The van der Waals surface area contributed by atoms with Crippen LogP contribution in [-0.2, 0) is 16.0 Å². The van der Waals surface area contributed by atoms with Crippen molar-refractivity contribution in [2.24, 2.45) is 0 Å². The Morgan fingerprint density at radius 3 is 2.41 bits per heavy atom. The average molecular weight is 663 g/mol. The predicted molar refractivity (Wildman–Crippen MR) is 178 cm³/mol. The van der Waals surface area contributed by atoms with E-state index < -0.39 is 29.3 Å². The number of nitrogens with one attached hydrogen (secondary N) is 4. The van der Waals surface area contributed by atoms with E-state index in [2.05, 4.69) is 20.6 Å². The van der Waals surface area contributed by atoms with Crippen LogP contribution in [-0.4, -0.2) is 37.7 Å². The Bertz CT molecular complexity index is 1930. The number of aromatic nitrogens is 3. The van der Waals surface area contributed by atoms with Crippen molar-refractivity contribution in [1.82, 2.24) is 25.6 Å². The minimum absolute atomic E-state index is 0.117. The van der Waals surface area contributed by atoms with E-state index in [4.69, 9.17) is 32.9 Å². The van der Waals surface area contributed by atoms with Crippen LogP contribution in [0.4, 0.5) is 4.79 Å². The minimum atomic E-state index is -0.738. The van der Waals surface area contributed by atoms with Gasteiger partial charge in [0.2, 0.25) is 5.91 Å². The van der Waals surface area contributed by atoms with Crippen LogP contribution in [0.3, 0.4) is 0 Å². The molecule has 0 saturated carbocycles. The van der Waals surface area contributed by atoms with Gasteiger partial charge in [-0.3, -0.25) is 9.59 Å². The number of aromatic amines is 2. The molecule has 10 nitrogen and oxygen atoms in total. The van der Waals surface area contributed by atoms with Crippen LogP contribution in [0.25, 0.3) is 22.2 Å². The van der Waals surface area contributed by atoms with Gasteiger partial charge in [0.1, 0.15) is 28.0 Å². The van der Waals surface area contributed by atoms with E-state index in [0.29, 0.717) is 45.0 Å². The minimum Gasteiger partial charge on any atom is -0.507 e. The summed E-state index contributed by atoms with van der Waals surface area (Å²) < 4.78 is 5.45. The highest BCUT2D eigenvalue weighted by Gasteiger charge is 2.26. The van der Waals surface area contributed by atoms with Gasteiger partial charge < -0.3 is 30.4 Å². The number of pyridine rings is 1. The predicted octanol–water partition coefficient (Wildman–Crippen LogP) is 6.99. The van der Waals surface area contributed by atoms with Gasteiger partial charge in [-0.1, -0.05) is 71.7 Å². The third-order valence-corrected chi connectivity index (χ3v) is 7.56. The van der Waals surface area contributed by atoms with Gasteiger partial charge in [0.15, 0.2) is 0 Å². The molecule has 0 radical (unpaired) electrons. The van der Waals surface area contributed by atoms with Crippen LogP contribution in [0.15, 0.2) is 83.7 Å². The van der Waals surface area contributed by atoms with Crippen LogP contribution in [0.5, 0.6) is 5.75 Å². The molecule has 0 aliphatic heterocycles. The van der Waals surface area contributed by atoms with Crippen LogP contribution >= 0.6 is 23.2 Å². The topological polar surface area (TPSA) is 149 Å². The molecule has 0 saturated heterocycles. The second-order valence-electron chi connectivity index (χ2n) is 11.8. The lowest BCUT2D eigenvalue weighted by Crippen LogP contribution is -2.38. The fourth-order valence-corrected chi connectivity index (χ4v) is 5.49. The number of ether oxygens (including phenoxy) is 1. The van der Waals surface area contributed by atoms with Crippen molar-refractivity contribution in [2.75, 3.05) is 0 Å². The molecule has 2 atom stereocenters. The van der Waals surface area contributed by atoms with Crippen molar-refractivity contribution in [3.05, 3.63) is 116 Å². The zero-order chi connectivity index (χ0) is 33.0. The number of H-pyrrole nitrogens is 2. The summed E-state index contributed by atoms with van der Waals surface area (Å²) in [5, 5.41) is 17.3. The van der Waals surface area contributed by atoms with Gasteiger partial charge in [-0.2, -0.15) is 0 Å². The Kier molecular flexibility index (Phi) is 9.69. The number of imidazole rings is 1. The number of aromatic hydroxyl groups is 1. The molecule has 2 heterocycles. The van der Waals surface area contributed by atoms with Crippen molar-refractivity contribution < 1.29 is 19.4 Å². The van der Waals surface area contributed by atoms with Crippen LogP contribution < -0.4 is 16.2 Å². The standard InChI is InChI=1S/C34H33Cl2N5O5/c1-34(2,3)46-33(45)39-25(20-10-7-11-22(35)15-20)17-28(43)38-26(14-19-8-5-4-6-9-19)32-40-30(31(36)41-32)21-12-13-24-23(16-21)27(42)18-29(44)37-24/h4-13,15-16,18,25-26H,14,17H2,1-3H3,(H,38,43)(H,39,45)(H,40,41)(H2,37,42,44)/t25?,26-/m0/s1. The fraction of sp³-hybridized carbons (Fsp3) is 0.235. The quantitative estimate of drug-likeness (QED) is 0.115. The summed E-state index contributed by atoms with van der Waals surface area (Å²) in [5.41, 5.74) is 1.88. The van der Waals surface area contributed by atoms with Gasteiger partial charge in [0.25, 0.3) is 5.56 Å². The summed E-state index contributed by atoms with van der Waals surface area (Å²) in [4.78, 5) is 48.7. The zero-order valence-electron chi connectivity index (χ0n) is 25.4. The lowest BCUT2D eigenvalue weighted by molar-refractivity contribution is -0.122. The molecule has 46 heavy (non-hydrogen) atoms. The van der Waals surface area contributed by atoms with Crippen LogP contribution in [0.1, 0.15) is 56.2 Å². The summed E-state index contributed by atoms with van der Waals surface area (Å²) in [5.74, 6) is -0.131. The first-order chi connectivity index (χ1) is 21.8. The number of hydrogen-bond donors (Lipinski definition) is 5. The Balaban J connectivity index is 1.44. The Hall–Kier alpha value is -4.80. The average Bonchev–Trinajstić information content (AvgIpc) is 3.37. The summed E-state index contributed by atoms with van der Waals surface area (Å²) in [6, 6.07) is 21.3. The molecular formula is C34H33Cl2N5O5. The largest absolute Gasteiger partial charge is 0.507 e. The van der Waals surface area contributed by atoms with Crippen LogP contribution in [0, 0.1) is 0 Å². The summed E-state index contributed by atoms with van der Waals surface area (Å²) in [7, 11) is 0. The summed E-state index contributed by atoms with van der Waals surface area (Å²) in [6.07, 6.45) is -0.398. The number of fused-ring (bicyclic) bond motifs is 1. The van der Waals surface area contributed by atoms with Crippen LogP contribution in [0.2, 0.25) is 10.2 Å². The first kappa shape index (κ1) is 32.6. The van der Waals surface area contributed by atoms with Crippen molar-refractivity contribution in [1.29, 1.82) is 0 Å². The summed E-state index contributed by atoms with van der Waals surface area (Å²) in [6.45, 7) is 5.27. The molecule has 0 aliphatic rings. The first-order valence-corrected chi connectivity index (χ1v) is 15.3. The third-order valence-electron chi connectivity index (χ3n) is 7.05. The van der Waals surface area contributed by atoms with Gasteiger partial charge in [-0.25, -0.2) is 9.78 Å². The number of nitrogens with zero attached hydrogens (tertiary/aromatic N) is 1. The number of halogens is 2. The number of carbonyl (C=O) groups excluding carboxylic acids is 2. The molecule has 238 valence electrons. The maximum absolute atomic E-state index is 13.7. The second-order valence-corrected chi connectivity index (χ2v) is 12.6. The van der Waals surface area contributed by atoms with E-state index in [1.54, 1.807) is 63.2 Å². The van der Waals surface area contributed by atoms with E-state index in [1.807, 2.05) is 30.3 Å². The highest BCUT2D eigenvalue weighted by molar-refractivity contribution is 6.32. The van der Waals surface area contributed by atoms with Gasteiger partial charge in [0, 0.05) is 22.0 Å². The molecule has 3 aromatic carbocycles. The molecule has 0 bridgehead atoms. The van der Waals surface area contributed by atoms with E-state index in [1.165, 1.54) is 0 Å². The second kappa shape index (κ2) is 13.7. The molecule has 2 amide bonds. The molecule has 12 heteroatoms. The molecule has 5 aromatic rings. The Labute approximate surface area is 275 Å². The van der Waals surface area contributed by atoms with Gasteiger partial charge in [-0.05, 0) is 62.6 Å². The highest BCUT2D eigenvalue weighted by Crippen LogP contribution is 2.32. The molecular weight excluding hydrogens is 629 g/mol. The lowest BCUT2D eigenvalue weighted by Gasteiger charge is -2.25. The maximum Gasteiger partial charge on any atom is 0.408 e. The third kappa shape index (κ3) is 8.26. The number of benzene rings is 3. The zero-order valence-corrected chi connectivity index (χ0v) is 26.9. The monoisotopic (exact) mass is 661 g/mol. The normalized spacial score (nSPS) is 12.8. The number of alkyl carbamates (subject to hydrolysis) is 1. The maximum atomic E-state index is 13.7. The molecule has 2 aromatic heterocycles. The smallest absolute Gasteiger partial charge is 0.408 e. The van der Waals surface area contributed by atoms with Gasteiger partial charge in [0.05, 0.1) is 24.0 Å². The van der Waals surface area contributed by atoms with Gasteiger partial charge >= 0.3 is 6.09 Å². The number of amides is 2. The summed E-state index contributed by atoms with van der Waals surface area (Å²) >= 11 is 12.9. The fourth-order valence-electron chi connectivity index (χ4n) is 5.04. The van der Waals surface area contributed by atoms with Crippen molar-refractivity contribution in [3.63, 3.8) is 0 Å². The van der Waals surface area contributed by atoms with E-state index in [-0.39, 0.29) is 23.2 Å². The van der Waals surface area contributed by atoms with E-state index >= 15 is 0 Å². The molecule has 0 aliphatic carbocycles. The first-order valence-electron chi connectivity index (χ1n) is 14.5. The molecule has 5 N–H and O–H groups in total. The number of carbonyl (C=O) groups is 2. The lowest BCUT2D eigenvalue weighted by atomic mass is 10.0. The molecule has 0 fully saturated rings. The van der Waals surface area contributed by atoms with Crippen molar-refractivity contribution >= 4 is 46.1 Å². The Morgan fingerprint density at radius 1 is 0.935 bits per heavy atom. The van der Waals surface area contributed by atoms with Crippen molar-refractivity contribution in [3.8, 4) is 17.0 Å². The number of hydrogen-bond acceptors (Lipinski definition) is 6. The van der Waals surface area contributed by atoms with Gasteiger partial charge in [-0.15, -0.1) is 0 Å². The SMILES string of the molecule is CC(C)(C)OC(=O)NC(CC(=O)N[C@@H](Cc1ccccc1)c1nc(-c2ccc3[nH]c(=O)cc(O)c3c2)c(Cl)[nH]1)c1cccc(Cl)c1. The van der Waals surface area contributed by atoms with E-state index in [0.717, 1.165) is 11.6 Å². The Morgan fingerprint density at radius 2 is 1.70 bits per heavy atom. The molecule has 1 unspecified atom stereocenters. The van der Waals surface area contributed by atoms with E-state index in [9.17, 15) is 19.5 Å². The highest BCUT2D eigenvalue weighted by atomic mass is 35.5. The number of rotatable bonds is 9. The molecule has 0 spiro atoms.